The van der Waals surface area contributed by atoms with Crippen LogP contribution >= 0.6 is 15.9 Å². The molecular formula is C15H21BrN2O2. The van der Waals surface area contributed by atoms with E-state index in [0.29, 0.717) is 19.7 Å². The van der Waals surface area contributed by atoms with Crippen molar-refractivity contribution in [3.05, 3.63) is 34.3 Å². The summed E-state index contributed by atoms with van der Waals surface area (Å²) in [4.78, 5) is 14.1. The molecule has 0 aromatic heterocycles. The van der Waals surface area contributed by atoms with Crippen LogP contribution in [0, 0.1) is 5.92 Å². The average molecular weight is 341 g/mol. The predicted octanol–water partition coefficient (Wildman–Crippen LogP) is 2.33. The molecule has 0 spiro atoms. The van der Waals surface area contributed by atoms with E-state index in [0.717, 1.165) is 10.0 Å². The van der Waals surface area contributed by atoms with Gasteiger partial charge in [-0.25, -0.2) is 0 Å². The third-order valence-electron chi connectivity index (χ3n) is 3.60. The van der Waals surface area contributed by atoms with Crippen LogP contribution in [0.1, 0.15) is 25.5 Å². The van der Waals surface area contributed by atoms with Gasteiger partial charge >= 0.3 is 0 Å². The van der Waals surface area contributed by atoms with E-state index in [4.69, 9.17) is 10.5 Å². The Labute approximate surface area is 128 Å². The van der Waals surface area contributed by atoms with Crippen LogP contribution < -0.4 is 5.73 Å². The molecule has 1 aliphatic heterocycles. The van der Waals surface area contributed by atoms with Crippen molar-refractivity contribution in [2.24, 2.45) is 11.7 Å². The molecule has 0 radical (unpaired) electrons. The van der Waals surface area contributed by atoms with Crippen molar-refractivity contribution in [1.82, 2.24) is 4.90 Å². The zero-order valence-corrected chi connectivity index (χ0v) is 13.5. The highest BCUT2D eigenvalue weighted by Gasteiger charge is 2.29. The number of ether oxygens (including phenoxy) is 1. The van der Waals surface area contributed by atoms with E-state index in [-0.39, 0.29) is 17.9 Å². The van der Waals surface area contributed by atoms with E-state index in [1.165, 1.54) is 0 Å². The second kappa shape index (κ2) is 6.70. The molecule has 1 saturated heterocycles. The van der Waals surface area contributed by atoms with Gasteiger partial charge in [0, 0.05) is 11.0 Å². The average Bonchev–Trinajstić information content (AvgIpc) is 2.45. The SMILES string of the molecule is CC(C)[C@H](N)C(=O)N1CCOC(c2cccc(Br)c2)C1. The molecule has 1 aromatic carbocycles. The first-order chi connectivity index (χ1) is 9.49. The lowest BCUT2D eigenvalue weighted by atomic mass is 10.0. The van der Waals surface area contributed by atoms with Crippen LogP contribution in [0.25, 0.3) is 0 Å². The van der Waals surface area contributed by atoms with Gasteiger partial charge in [-0.3, -0.25) is 4.79 Å². The molecule has 4 nitrogen and oxygen atoms in total. The minimum Gasteiger partial charge on any atom is -0.370 e. The smallest absolute Gasteiger partial charge is 0.239 e. The van der Waals surface area contributed by atoms with Gasteiger partial charge in [-0.2, -0.15) is 0 Å². The fourth-order valence-corrected chi connectivity index (χ4v) is 2.67. The van der Waals surface area contributed by atoms with Crippen LogP contribution in [-0.2, 0) is 9.53 Å². The number of morpholine rings is 1. The fourth-order valence-electron chi connectivity index (χ4n) is 2.25. The maximum atomic E-state index is 12.3. The lowest BCUT2D eigenvalue weighted by molar-refractivity contribution is -0.141. The highest BCUT2D eigenvalue weighted by molar-refractivity contribution is 9.10. The van der Waals surface area contributed by atoms with Gasteiger partial charge in [0.15, 0.2) is 0 Å². The van der Waals surface area contributed by atoms with E-state index in [1.807, 2.05) is 43.0 Å². The molecule has 1 unspecified atom stereocenters. The van der Waals surface area contributed by atoms with Crippen LogP contribution in [0.3, 0.4) is 0 Å². The normalized spacial score (nSPS) is 21.1. The lowest BCUT2D eigenvalue weighted by Crippen LogP contribution is -2.51. The number of hydrogen-bond donors (Lipinski definition) is 1. The predicted molar refractivity (Wildman–Crippen MR) is 82.2 cm³/mol. The molecule has 2 N–H and O–H groups in total. The summed E-state index contributed by atoms with van der Waals surface area (Å²) in [6.07, 6.45) is -0.0791. The Hall–Kier alpha value is -0.910. The van der Waals surface area contributed by atoms with Crippen LogP contribution in [-0.4, -0.2) is 36.5 Å². The quantitative estimate of drug-likeness (QED) is 0.918. The molecule has 2 rings (SSSR count). The molecule has 110 valence electrons. The summed E-state index contributed by atoms with van der Waals surface area (Å²) < 4.78 is 6.80. The van der Waals surface area contributed by atoms with E-state index >= 15 is 0 Å². The Morgan fingerprint density at radius 1 is 1.50 bits per heavy atom. The molecule has 0 aliphatic carbocycles. The van der Waals surface area contributed by atoms with Gasteiger partial charge in [0.1, 0.15) is 6.10 Å². The topological polar surface area (TPSA) is 55.6 Å². The summed E-state index contributed by atoms with van der Waals surface area (Å²) in [5.74, 6) is 0.165. The van der Waals surface area contributed by atoms with Crippen molar-refractivity contribution in [2.75, 3.05) is 19.7 Å². The lowest BCUT2D eigenvalue weighted by Gasteiger charge is -2.35. The van der Waals surface area contributed by atoms with Gasteiger partial charge in [0.2, 0.25) is 5.91 Å². The van der Waals surface area contributed by atoms with Crippen LogP contribution in [0.15, 0.2) is 28.7 Å². The molecule has 0 saturated carbocycles. The molecular weight excluding hydrogens is 320 g/mol. The summed E-state index contributed by atoms with van der Waals surface area (Å²) in [5.41, 5.74) is 7.04. The van der Waals surface area contributed by atoms with E-state index < -0.39 is 6.04 Å². The van der Waals surface area contributed by atoms with Gasteiger partial charge in [-0.05, 0) is 23.6 Å². The van der Waals surface area contributed by atoms with Crippen LogP contribution in [0.5, 0.6) is 0 Å². The van der Waals surface area contributed by atoms with E-state index in [1.54, 1.807) is 0 Å². The van der Waals surface area contributed by atoms with Gasteiger partial charge in [-0.15, -0.1) is 0 Å². The number of carbonyl (C=O) groups excluding carboxylic acids is 1. The first kappa shape index (κ1) is 15.5. The Bertz CT molecular complexity index is 479. The minimum absolute atomic E-state index is 0.0169. The third-order valence-corrected chi connectivity index (χ3v) is 4.10. The zero-order valence-electron chi connectivity index (χ0n) is 11.9. The first-order valence-corrected chi connectivity index (χ1v) is 7.69. The highest BCUT2D eigenvalue weighted by atomic mass is 79.9. The summed E-state index contributed by atoms with van der Waals surface area (Å²) in [6, 6.07) is 7.57. The fraction of sp³-hybridized carbons (Fsp3) is 0.533. The Morgan fingerprint density at radius 3 is 2.90 bits per heavy atom. The number of hydrogen-bond acceptors (Lipinski definition) is 3. The number of carbonyl (C=O) groups is 1. The number of rotatable bonds is 3. The first-order valence-electron chi connectivity index (χ1n) is 6.90. The molecule has 1 aromatic rings. The minimum atomic E-state index is -0.434. The summed E-state index contributed by atoms with van der Waals surface area (Å²) in [5, 5.41) is 0. The molecule has 1 aliphatic rings. The van der Waals surface area contributed by atoms with Crippen LogP contribution in [0.4, 0.5) is 0 Å². The van der Waals surface area contributed by atoms with Crippen molar-refractivity contribution in [1.29, 1.82) is 0 Å². The molecule has 1 amide bonds. The third kappa shape index (κ3) is 3.59. The Morgan fingerprint density at radius 2 is 2.25 bits per heavy atom. The van der Waals surface area contributed by atoms with E-state index in [9.17, 15) is 4.79 Å². The van der Waals surface area contributed by atoms with Gasteiger partial charge in [0.05, 0.1) is 19.2 Å². The van der Waals surface area contributed by atoms with Gasteiger partial charge in [0.25, 0.3) is 0 Å². The number of halogens is 1. The van der Waals surface area contributed by atoms with Gasteiger partial charge < -0.3 is 15.4 Å². The van der Waals surface area contributed by atoms with Crippen molar-refractivity contribution in [3.8, 4) is 0 Å². The van der Waals surface area contributed by atoms with Crippen molar-refractivity contribution >= 4 is 21.8 Å². The second-order valence-electron chi connectivity index (χ2n) is 5.47. The molecule has 5 heteroatoms. The van der Waals surface area contributed by atoms with Crippen molar-refractivity contribution in [2.45, 2.75) is 26.0 Å². The maximum absolute atomic E-state index is 12.3. The summed E-state index contributed by atoms with van der Waals surface area (Å²) in [7, 11) is 0. The maximum Gasteiger partial charge on any atom is 0.239 e. The molecule has 2 atom stereocenters. The molecule has 1 fully saturated rings. The summed E-state index contributed by atoms with van der Waals surface area (Å²) in [6.45, 7) is 5.66. The van der Waals surface area contributed by atoms with Gasteiger partial charge in [-0.1, -0.05) is 41.9 Å². The van der Waals surface area contributed by atoms with Crippen LogP contribution in [0.2, 0.25) is 0 Å². The number of benzene rings is 1. The second-order valence-corrected chi connectivity index (χ2v) is 6.38. The number of nitrogens with two attached hydrogens (primary N) is 1. The van der Waals surface area contributed by atoms with Crippen molar-refractivity contribution in [3.63, 3.8) is 0 Å². The molecule has 20 heavy (non-hydrogen) atoms. The standard InChI is InChI=1S/C15H21BrN2O2/c1-10(2)14(17)15(19)18-6-7-20-13(9-18)11-4-3-5-12(16)8-11/h3-5,8,10,13-14H,6-7,9,17H2,1-2H3/t13?,14-/m0/s1. The molecule has 0 bridgehead atoms. The monoisotopic (exact) mass is 340 g/mol. The largest absolute Gasteiger partial charge is 0.370 e. The van der Waals surface area contributed by atoms with Crippen molar-refractivity contribution < 1.29 is 9.53 Å². The van der Waals surface area contributed by atoms with E-state index in [2.05, 4.69) is 15.9 Å². The Kier molecular flexibility index (Phi) is 5.18. The number of amides is 1. The Balaban J connectivity index is 2.07. The molecule has 1 heterocycles. The zero-order chi connectivity index (χ0) is 14.7. The number of nitrogens with zero attached hydrogens (tertiary/aromatic N) is 1. The highest BCUT2D eigenvalue weighted by Crippen LogP contribution is 2.25. The summed E-state index contributed by atoms with van der Waals surface area (Å²) >= 11 is 3.46.